The Morgan fingerprint density at radius 1 is 0.372 bits per heavy atom. The molecule has 0 fully saturated rings. The maximum Gasteiger partial charge on any atom is 0.256 e. The van der Waals surface area contributed by atoms with Crippen LogP contribution in [0.5, 0.6) is 11.5 Å². The number of para-hydroxylation sites is 5. The van der Waals surface area contributed by atoms with Crippen molar-refractivity contribution in [3.63, 3.8) is 0 Å². The number of hydrogen-bond donors (Lipinski definition) is 0. The fraction of sp³-hybridized carbons (Fsp3) is 0.0455. The minimum atomic E-state index is -0.505. The molecular weight excluding hydrogens is 1140 g/mol. The fourth-order valence-electron chi connectivity index (χ4n) is 15.5. The third-order valence-electron chi connectivity index (χ3n) is 19.9. The monoisotopic (exact) mass is 1210 g/mol. The van der Waals surface area contributed by atoms with Gasteiger partial charge in [0.15, 0.2) is 0 Å². The van der Waals surface area contributed by atoms with Crippen LogP contribution in [0.15, 0.2) is 301 Å². The molecule has 6 heterocycles. The summed E-state index contributed by atoms with van der Waals surface area (Å²) in [5.41, 5.74) is 21.4. The lowest BCUT2D eigenvalue weighted by atomic mass is 9.34. The van der Waals surface area contributed by atoms with Crippen molar-refractivity contribution in [3.8, 4) is 72.8 Å². The topological polar surface area (TPSA) is 35.0 Å². The van der Waals surface area contributed by atoms with Gasteiger partial charge in [0, 0.05) is 71.3 Å². The first-order valence-corrected chi connectivity index (χ1v) is 32.0. The highest BCUT2D eigenvalue weighted by Crippen LogP contribution is 2.53. The van der Waals surface area contributed by atoms with E-state index in [1.165, 1.54) is 21.9 Å². The smallest absolute Gasteiger partial charge is 0.256 e. The molecule has 2 aliphatic rings. The maximum absolute atomic E-state index is 9.75. The lowest BCUT2D eigenvalue weighted by molar-refractivity contribution is 0.488. The van der Waals surface area contributed by atoms with Crippen LogP contribution in [0.1, 0.15) is 37.3 Å². The minimum Gasteiger partial charge on any atom is -0.458 e. The molecule has 4 aromatic heterocycles. The van der Waals surface area contributed by atoms with Crippen LogP contribution in [-0.4, -0.2) is 15.7 Å². The van der Waals surface area contributed by atoms with Gasteiger partial charge in [-0.3, -0.25) is 0 Å². The first-order valence-electron chi connectivity index (χ1n) is 36.0. The molecular formula is C88H58BN3O2. The molecule has 0 atom stereocenters. The highest BCUT2D eigenvalue weighted by atomic mass is 16.5. The third kappa shape index (κ3) is 7.77. The molecule has 440 valence electrons. The van der Waals surface area contributed by atoms with E-state index in [1.807, 2.05) is 42.5 Å². The molecule has 5 nitrogen and oxygen atoms in total. The van der Waals surface area contributed by atoms with Gasteiger partial charge >= 0.3 is 0 Å². The van der Waals surface area contributed by atoms with Gasteiger partial charge in [0.2, 0.25) is 0 Å². The number of rotatable bonds is 7. The van der Waals surface area contributed by atoms with E-state index in [-0.39, 0.29) is 39.3 Å². The van der Waals surface area contributed by atoms with Crippen LogP contribution in [0.4, 0.5) is 17.1 Å². The van der Waals surface area contributed by atoms with Gasteiger partial charge in [0.1, 0.15) is 22.7 Å². The van der Waals surface area contributed by atoms with Crippen molar-refractivity contribution in [3.05, 3.63) is 303 Å². The average molecular weight is 1210 g/mol. The molecule has 0 N–H and O–H groups in total. The van der Waals surface area contributed by atoms with Crippen molar-refractivity contribution in [2.75, 3.05) is 4.90 Å². The Kier molecular flexibility index (Phi) is 9.58. The normalized spacial score (nSPS) is 14.1. The van der Waals surface area contributed by atoms with E-state index >= 15 is 0 Å². The largest absolute Gasteiger partial charge is 0.458 e. The number of furan rings is 1. The zero-order chi connectivity index (χ0) is 69.0. The third-order valence-corrected chi connectivity index (χ3v) is 19.9. The van der Waals surface area contributed by atoms with Crippen molar-refractivity contribution in [1.29, 1.82) is 0 Å². The highest BCUT2D eigenvalue weighted by molar-refractivity contribution is 6.99. The Morgan fingerprint density at radius 2 is 0.936 bits per heavy atom. The molecule has 0 spiro atoms. The molecule has 0 radical (unpaired) electrons. The van der Waals surface area contributed by atoms with Crippen LogP contribution >= 0.6 is 0 Å². The van der Waals surface area contributed by atoms with Crippen LogP contribution in [-0.2, 0) is 5.41 Å². The average Bonchev–Trinajstić information content (AvgIpc) is 1.14. The van der Waals surface area contributed by atoms with E-state index in [0.29, 0.717) is 17.2 Å². The van der Waals surface area contributed by atoms with E-state index in [2.05, 4.69) is 236 Å². The maximum atomic E-state index is 9.75. The van der Waals surface area contributed by atoms with Crippen molar-refractivity contribution < 1.29 is 20.1 Å². The summed E-state index contributed by atoms with van der Waals surface area (Å²) in [6.45, 7) is 6.21. The zero-order valence-corrected chi connectivity index (χ0v) is 51.4. The number of aromatic nitrogens is 2. The molecule has 18 aromatic rings. The van der Waals surface area contributed by atoms with E-state index in [0.717, 1.165) is 133 Å². The summed E-state index contributed by atoms with van der Waals surface area (Å²) in [5.74, 6) is 1.34. The molecule has 0 aliphatic carbocycles. The van der Waals surface area contributed by atoms with Crippen molar-refractivity contribution in [2.24, 2.45) is 0 Å². The molecule has 14 aromatic carbocycles. The lowest BCUT2D eigenvalue weighted by Crippen LogP contribution is -2.59. The minimum absolute atomic E-state index is 0.00170. The SMILES string of the molecule is [2H]c1c([2H])c([2H])c2c(c1[2H])c1c([2H])c([2H])c([2H])c([2H])c1n2-c1ccc2c(c1)N(c1c(-c3ccccc3)cc(-c3ccc(C(C)(C)C)cc3)cc1-c1ccccc1)c1cc(-c3ccc4c(c3)c3cccc5c6ccccc6n4c53)cc3c1B2c1ccc(-c2ccc4oc5ccccc5c4c2)cc1O3. The van der Waals surface area contributed by atoms with Gasteiger partial charge in [0.05, 0.1) is 44.2 Å². The Labute approximate surface area is 554 Å². The second kappa shape index (κ2) is 19.8. The van der Waals surface area contributed by atoms with Gasteiger partial charge < -0.3 is 23.0 Å². The zero-order valence-electron chi connectivity index (χ0n) is 59.4. The molecule has 0 bridgehead atoms. The molecule has 0 saturated carbocycles. The highest BCUT2D eigenvalue weighted by Gasteiger charge is 2.44. The second-order valence-electron chi connectivity index (χ2n) is 26.1. The van der Waals surface area contributed by atoms with E-state index < -0.39 is 43.0 Å². The summed E-state index contributed by atoms with van der Waals surface area (Å²) in [6, 6.07) is 84.4. The van der Waals surface area contributed by atoms with Gasteiger partial charge in [-0.25, -0.2) is 0 Å². The van der Waals surface area contributed by atoms with Crippen molar-refractivity contribution in [1.82, 2.24) is 8.97 Å². The van der Waals surface area contributed by atoms with E-state index in [4.69, 9.17) is 11.9 Å². The Hall–Kier alpha value is -11.9. The fourth-order valence-corrected chi connectivity index (χ4v) is 15.5. The number of anilines is 3. The van der Waals surface area contributed by atoms with Gasteiger partial charge in [-0.05, 0) is 163 Å². The molecule has 20 rings (SSSR count). The number of ether oxygens (including phenoxy) is 1. The molecule has 0 amide bonds. The number of benzene rings is 14. The molecule has 0 saturated heterocycles. The van der Waals surface area contributed by atoms with Crippen LogP contribution in [0, 0.1) is 0 Å². The Balaban J connectivity index is 0.917. The predicted octanol–water partition coefficient (Wildman–Crippen LogP) is 21.9. The Bertz CT molecular complexity index is 6560. The summed E-state index contributed by atoms with van der Waals surface area (Å²) in [5, 5.41) is 6.70. The van der Waals surface area contributed by atoms with Crippen LogP contribution in [0.3, 0.4) is 0 Å². The predicted molar refractivity (Wildman–Crippen MR) is 394 cm³/mol. The molecule has 94 heavy (non-hydrogen) atoms. The molecule has 0 unspecified atom stereocenters. The second-order valence-corrected chi connectivity index (χ2v) is 26.1. The van der Waals surface area contributed by atoms with Gasteiger partial charge in [-0.15, -0.1) is 0 Å². The van der Waals surface area contributed by atoms with Crippen molar-refractivity contribution >= 4 is 122 Å². The van der Waals surface area contributed by atoms with E-state index in [9.17, 15) is 8.22 Å². The Morgan fingerprint density at radius 3 is 1.68 bits per heavy atom. The standard InChI is InChI=1S/C88H58BN3O2/c1-88(2,3)61-38-33-53(34-39-61)59-47-69(54-19-6-4-7-20-54)87(70(48-59)55-21-8-5-9-22-55)92-79-52-62(90-75-29-14-10-23-63(75)64-24-11-15-30-76(64)90)40-42-73(79)89-74-41-35-58(56-37-44-82-72(46-56)66-26-13-17-32-81(66)93-82)50-83(74)94-84-51-60(49-80(92)85(84)89)57-36-43-78-71(45-57)68-28-18-27-67-65-25-12-16-31-77(65)91(78)86(67)68/h4-52H,1-3H3/i10D,11D,14D,15D,23D,24D,29D,30D. The van der Waals surface area contributed by atoms with Gasteiger partial charge in [0.25, 0.3) is 6.71 Å². The molecule has 2 aliphatic heterocycles. The van der Waals surface area contributed by atoms with E-state index in [1.54, 1.807) is 4.57 Å². The van der Waals surface area contributed by atoms with Crippen LogP contribution in [0.2, 0.25) is 0 Å². The quantitative estimate of drug-likeness (QED) is 0.149. The lowest BCUT2D eigenvalue weighted by Gasteiger charge is -2.42. The van der Waals surface area contributed by atoms with Crippen LogP contribution in [0.25, 0.3) is 143 Å². The van der Waals surface area contributed by atoms with Crippen LogP contribution < -0.4 is 26.0 Å². The summed E-state index contributed by atoms with van der Waals surface area (Å²) in [7, 11) is 0. The number of hydrogen-bond acceptors (Lipinski definition) is 3. The van der Waals surface area contributed by atoms with Gasteiger partial charge in [-0.1, -0.05) is 227 Å². The first kappa shape index (κ1) is 45.4. The summed E-state index contributed by atoms with van der Waals surface area (Å²) >= 11 is 0. The number of nitrogens with zero attached hydrogens (tertiary/aromatic N) is 3. The summed E-state index contributed by atoms with van der Waals surface area (Å²) < 4.78 is 92.8. The molecule has 6 heteroatoms. The number of fused-ring (bicyclic) bond motifs is 16. The summed E-state index contributed by atoms with van der Waals surface area (Å²) in [4.78, 5) is 2.37. The van der Waals surface area contributed by atoms with Gasteiger partial charge in [-0.2, -0.15) is 0 Å². The van der Waals surface area contributed by atoms with Crippen molar-refractivity contribution in [2.45, 2.75) is 26.2 Å². The summed E-state index contributed by atoms with van der Waals surface area (Å²) in [6.07, 6.45) is 0. The first-order chi connectivity index (χ1) is 49.6.